The third-order valence-corrected chi connectivity index (χ3v) is 3.69. The average molecular weight is 326 g/mol. The monoisotopic (exact) mass is 325 g/mol. The number of nitrogens with one attached hydrogen (secondary N) is 2. The molecule has 0 saturated heterocycles. The van der Waals surface area contributed by atoms with Gasteiger partial charge in [0.2, 0.25) is 11.8 Å². The molecule has 0 unspecified atom stereocenters. The Hall–Kier alpha value is -2.12. The summed E-state index contributed by atoms with van der Waals surface area (Å²) < 4.78 is 4.88. The van der Waals surface area contributed by atoms with Crippen LogP contribution in [0.1, 0.15) is 6.92 Å². The number of halogens is 1. The molecule has 4 N–H and O–H groups in total. The number of hydrogen-bond acceptors (Lipinski definition) is 5. The second-order valence-electron chi connectivity index (χ2n) is 4.83. The van der Waals surface area contributed by atoms with Gasteiger partial charge in [0.25, 0.3) is 0 Å². The first kappa shape index (κ1) is 16.3. The molecule has 0 radical (unpaired) electrons. The molecule has 7 nitrogen and oxygen atoms in total. The Morgan fingerprint density at radius 2 is 1.73 bits per heavy atom. The van der Waals surface area contributed by atoms with Crippen LogP contribution in [0.25, 0.3) is 0 Å². The molecule has 22 heavy (non-hydrogen) atoms. The third kappa shape index (κ3) is 3.37. The second-order valence-corrected chi connectivity index (χ2v) is 5.27. The van der Waals surface area contributed by atoms with E-state index < -0.39 is 35.5 Å². The molecule has 2 rings (SSSR count). The van der Waals surface area contributed by atoms with Crippen LogP contribution in [-0.4, -0.2) is 24.4 Å². The largest absolute Gasteiger partial charge is 0.466 e. The fourth-order valence-electron chi connectivity index (χ4n) is 2.35. The van der Waals surface area contributed by atoms with Gasteiger partial charge in [-0.1, -0.05) is 11.6 Å². The number of carbonyl (C=O) groups is 3. The van der Waals surface area contributed by atoms with E-state index in [9.17, 15) is 14.4 Å². The van der Waals surface area contributed by atoms with Crippen LogP contribution in [0.2, 0.25) is 5.02 Å². The summed E-state index contributed by atoms with van der Waals surface area (Å²) in [6, 6.07) is 6.49. The Morgan fingerprint density at radius 3 is 2.27 bits per heavy atom. The predicted molar refractivity (Wildman–Crippen MR) is 79.5 cm³/mol. The third-order valence-electron chi connectivity index (χ3n) is 3.44. The van der Waals surface area contributed by atoms with Gasteiger partial charge in [-0.05, 0) is 31.2 Å². The van der Waals surface area contributed by atoms with Crippen LogP contribution >= 0.6 is 11.6 Å². The quantitative estimate of drug-likeness (QED) is 0.319. The van der Waals surface area contributed by atoms with Crippen LogP contribution in [0, 0.1) is 17.8 Å². The molecule has 0 bridgehead atoms. The first-order valence-electron chi connectivity index (χ1n) is 6.73. The van der Waals surface area contributed by atoms with E-state index in [1.807, 2.05) is 5.43 Å². The van der Waals surface area contributed by atoms with E-state index in [4.69, 9.17) is 22.2 Å². The molecule has 0 spiro atoms. The molecule has 1 aromatic carbocycles. The Labute approximate surface area is 132 Å². The van der Waals surface area contributed by atoms with Crippen molar-refractivity contribution >= 4 is 35.1 Å². The predicted octanol–water partition coefficient (Wildman–Crippen LogP) is 0.694. The maximum atomic E-state index is 12.2. The van der Waals surface area contributed by atoms with E-state index in [-0.39, 0.29) is 6.61 Å². The van der Waals surface area contributed by atoms with E-state index in [0.29, 0.717) is 10.7 Å². The Morgan fingerprint density at radius 1 is 1.14 bits per heavy atom. The molecule has 0 heterocycles. The molecular formula is C14H16ClN3O4. The maximum absolute atomic E-state index is 12.2. The highest BCUT2D eigenvalue weighted by atomic mass is 35.5. The Balaban J connectivity index is 2.07. The van der Waals surface area contributed by atoms with Gasteiger partial charge in [-0.15, -0.1) is 0 Å². The van der Waals surface area contributed by atoms with Crippen LogP contribution in [0.15, 0.2) is 24.3 Å². The number of rotatable bonds is 5. The van der Waals surface area contributed by atoms with Gasteiger partial charge in [0.1, 0.15) is 0 Å². The van der Waals surface area contributed by atoms with Crippen molar-refractivity contribution in [3.8, 4) is 0 Å². The van der Waals surface area contributed by atoms with Crippen LogP contribution in [0.5, 0.6) is 0 Å². The van der Waals surface area contributed by atoms with E-state index >= 15 is 0 Å². The SMILES string of the molecule is CCOC(=O)[C@@H]1[C@@H](C(=O)NN)[C@@H]1C(=O)Nc1ccc(Cl)cc1. The van der Waals surface area contributed by atoms with Crippen LogP contribution < -0.4 is 16.6 Å². The zero-order chi connectivity index (χ0) is 16.3. The first-order chi connectivity index (χ1) is 10.5. The standard InChI is InChI=1S/C14H16ClN3O4/c1-2-22-14(21)11-9(10(11)13(20)18-16)12(19)17-8-5-3-7(15)4-6-8/h3-6,9-11H,2,16H2,1H3,(H,17,19)(H,18,20)/t9-,10-,11-/m0/s1. The highest BCUT2D eigenvalue weighted by molar-refractivity contribution is 6.30. The van der Waals surface area contributed by atoms with E-state index in [1.165, 1.54) is 0 Å². The van der Waals surface area contributed by atoms with Gasteiger partial charge in [0.15, 0.2) is 0 Å². The summed E-state index contributed by atoms with van der Waals surface area (Å²) in [6.45, 7) is 1.83. The average Bonchev–Trinajstić information content (AvgIpc) is 3.25. The number of carbonyl (C=O) groups excluding carboxylic acids is 3. The molecule has 8 heteroatoms. The maximum Gasteiger partial charge on any atom is 0.310 e. The molecule has 2 amide bonds. The summed E-state index contributed by atoms with van der Waals surface area (Å²) in [5, 5.41) is 3.18. The van der Waals surface area contributed by atoms with Gasteiger partial charge in [-0.3, -0.25) is 19.8 Å². The lowest BCUT2D eigenvalue weighted by atomic mass is 10.2. The molecule has 1 aliphatic rings. The fourth-order valence-corrected chi connectivity index (χ4v) is 2.48. The zero-order valence-electron chi connectivity index (χ0n) is 11.8. The minimum atomic E-state index is -0.809. The first-order valence-corrected chi connectivity index (χ1v) is 7.11. The summed E-state index contributed by atoms with van der Waals surface area (Å²) in [4.78, 5) is 35.7. The van der Waals surface area contributed by atoms with Crippen molar-refractivity contribution in [2.75, 3.05) is 11.9 Å². The number of hydrogen-bond donors (Lipinski definition) is 3. The topological polar surface area (TPSA) is 111 Å². The van der Waals surface area contributed by atoms with Gasteiger partial charge in [0.05, 0.1) is 24.4 Å². The highest BCUT2D eigenvalue weighted by Crippen LogP contribution is 2.48. The number of ether oxygens (including phenoxy) is 1. The van der Waals surface area contributed by atoms with Crippen molar-refractivity contribution in [1.29, 1.82) is 0 Å². The summed E-state index contributed by atoms with van der Waals surface area (Å²) in [7, 11) is 0. The van der Waals surface area contributed by atoms with Gasteiger partial charge >= 0.3 is 5.97 Å². The molecule has 1 saturated carbocycles. The molecule has 118 valence electrons. The summed E-state index contributed by atoms with van der Waals surface area (Å²) in [6.07, 6.45) is 0. The van der Waals surface area contributed by atoms with Crippen molar-refractivity contribution in [3.63, 3.8) is 0 Å². The van der Waals surface area contributed by atoms with Crippen LogP contribution in [-0.2, 0) is 19.1 Å². The molecule has 0 aliphatic heterocycles. The normalized spacial score (nSPS) is 22.6. The molecule has 1 aliphatic carbocycles. The van der Waals surface area contributed by atoms with Crippen molar-refractivity contribution in [1.82, 2.24) is 5.43 Å². The summed E-state index contributed by atoms with van der Waals surface area (Å²) >= 11 is 5.77. The van der Waals surface area contributed by atoms with Gasteiger partial charge in [-0.2, -0.15) is 0 Å². The van der Waals surface area contributed by atoms with Gasteiger partial charge in [-0.25, -0.2) is 5.84 Å². The number of benzene rings is 1. The minimum Gasteiger partial charge on any atom is -0.466 e. The molecule has 1 aromatic rings. The van der Waals surface area contributed by atoms with Crippen molar-refractivity contribution in [3.05, 3.63) is 29.3 Å². The van der Waals surface area contributed by atoms with Crippen LogP contribution in [0.4, 0.5) is 5.69 Å². The number of esters is 1. The zero-order valence-corrected chi connectivity index (χ0v) is 12.6. The lowest BCUT2D eigenvalue weighted by molar-refractivity contribution is -0.146. The number of amides is 2. The number of anilines is 1. The lowest BCUT2D eigenvalue weighted by Crippen LogP contribution is -2.33. The fraction of sp³-hybridized carbons (Fsp3) is 0.357. The van der Waals surface area contributed by atoms with Crippen molar-refractivity contribution in [2.24, 2.45) is 23.6 Å². The molecular weight excluding hydrogens is 310 g/mol. The highest BCUT2D eigenvalue weighted by Gasteiger charge is 2.63. The smallest absolute Gasteiger partial charge is 0.310 e. The Bertz CT molecular complexity index is 590. The number of nitrogens with two attached hydrogens (primary N) is 1. The van der Waals surface area contributed by atoms with Crippen molar-refractivity contribution in [2.45, 2.75) is 6.92 Å². The van der Waals surface area contributed by atoms with Crippen LogP contribution in [0.3, 0.4) is 0 Å². The number of hydrazine groups is 1. The summed E-state index contributed by atoms with van der Waals surface area (Å²) in [5.41, 5.74) is 2.49. The second kappa shape index (κ2) is 6.76. The minimum absolute atomic E-state index is 0.178. The van der Waals surface area contributed by atoms with Crippen molar-refractivity contribution < 1.29 is 19.1 Å². The van der Waals surface area contributed by atoms with Gasteiger partial charge < -0.3 is 10.1 Å². The molecule has 0 aromatic heterocycles. The molecule has 3 atom stereocenters. The Kier molecular flexibility index (Phi) is 4.99. The summed E-state index contributed by atoms with van der Waals surface area (Å²) in [5.74, 6) is 1.10. The van der Waals surface area contributed by atoms with E-state index in [1.54, 1.807) is 31.2 Å². The molecule has 1 fully saturated rings. The van der Waals surface area contributed by atoms with E-state index in [2.05, 4.69) is 5.32 Å². The van der Waals surface area contributed by atoms with Gasteiger partial charge in [0, 0.05) is 10.7 Å². The lowest BCUT2D eigenvalue weighted by Gasteiger charge is -2.05. The van der Waals surface area contributed by atoms with E-state index in [0.717, 1.165) is 0 Å².